The standard InChI is InChI=1S/C15H21F2NO/c1-10(11-4-5-13(16)14(17)8-11)18-12-6-7-19-15(2,3)9-12/h4-5,8,10,12,18H,6-7,9H2,1-3H3. The number of benzene rings is 1. The van der Waals surface area contributed by atoms with Crippen molar-refractivity contribution in [2.24, 2.45) is 0 Å². The maximum absolute atomic E-state index is 13.2. The molecule has 0 aliphatic carbocycles. The molecule has 0 aromatic heterocycles. The highest BCUT2D eigenvalue weighted by Crippen LogP contribution is 2.26. The number of hydrogen-bond acceptors (Lipinski definition) is 2. The van der Waals surface area contributed by atoms with E-state index in [2.05, 4.69) is 19.2 Å². The van der Waals surface area contributed by atoms with Crippen LogP contribution in [0.3, 0.4) is 0 Å². The van der Waals surface area contributed by atoms with Crippen molar-refractivity contribution in [3.8, 4) is 0 Å². The molecule has 1 aromatic carbocycles. The van der Waals surface area contributed by atoms with Gasteiger partial charge in [0.2, 0.25) is 0 Å². The van der Waals surface area contributed by atoms with Crippen molar-refractivity contribution >= 4 is 0 Å². The van der Waals surface area contributed by atoms with Gasteiger partial charge in [-0.1, -0.05) is 6.07 Å². The molecule has 19 heavy (non-hydrogen) atoms. The normalized spacial score (nSPS) is 24.2. The number of rotatable bonds is 3. The Bertz CT molecular complexity index is 448. The summed E-state index contributed by atoms with van der Waals surface area (Å²) in [5.41, 5.74) is 0.646. The van der Waals surface area contributed by atoms with Gasteiger partial charge in [-0.2, -0.15) is 0 Å². The fourth-order valence-corrected chi connectivity index (χ4v) is 2.61. The molecule has 1 saturated heterocycles. The summed E-state index contributed by atoms with van der Waals surface area (Å²) >= 11 is 0. The second-order valence-electron chi connectivity index (χ2n) is 5.86. The van der Waals surface area contributed by atoms with E-state index in [9.17, 15) is 8.78 Å². The Labute approximate surface area is 113 Å². The topological polar surface area (TPSA) is 21.3 Å². The molecular weight excluding hydrogens is 248 g/mol. The van der Waals surface area contributed by atoms with E-state index < -0.39 is 11.6 Å². The predicted octanol–water partition coefficient (Wildman–Crippen LogP) is 3.57. The first-order valence-electron chi connectivity index (χ1n) is 6.72. The van der Waals surface area contributed by atoms with Crippen molar-refractivity contribution in [3.05, 3.63) is 35.4 Å². The molecule has 106 valence electrons. The average Bonchev–Trinajstić information content (AvgIpc) is 2.31. The molecule has 1 aromatic rings. The Morgan fingerprint density at radius 2 is 2.05 bits per heavy atom. The summed E-state index contributed by atoms with van der Waals surface area (Å²) in [6, 6.07) is 4.40. The van der Waals surface area contributed by atoms with E-state index in [-0.39, 0.29) is 11.6 Å². The van der Waals surface area contributed by atoms with E-state index in [1.54, 1.807) is 6.07 Å². The summed E-state index contributed by atoms with van der Waals surface area (Å²) in [4.78, 5) is 0. The van der Waals surface area contributed by atoms with Gasteiger partial charge in [-0.3, -0.25) is 0 Å². The number of ether oxygens (including phenoxy) is 1. The van der Waals surface area contributed by atoms with Gasteiger partial charge in [0, 0.05) is 18.7 Å². The lowest BCUT2D eigenvalue weighted by Gasteiger charge is -2.37. The van der Waals surface area contributed by atoms with Crippen molar-refractivity contribution < 1.29 is 13.5 Å². The summed E-state index contributed by atoms with van der Waals surface area (Å²) in [6.45, 7) is 6.84. The van der Waals surface area contributed by atoms with Crippen LogP contribution >= 0.6 is 0 Å². The Hall–Kier alpha value is -1.00. The van der Waals surface area contributed by atoms with Crippen LogP contribution in [0.1, 0.15) is 45.2 Å². The third-order valence-corrected chi connectivity index (χ3v) is 3.63. The molecule has 1 heterocycles. The van der Waals surface area contributed by atoms with Crippen molar-refractivity contribution in [1.29, 1.82) is 0 Å². The van der Waals surface area contributed by atoms with Crippen LogP contribution in [-0.4, -0.2) is 18.2 Å². The smallest absolute Gasteiger partial charge is 0.159 e. The molecule has 0 saturated carbocycles. The molecular formula is C15H21F2NO. The van der Waals surface area contributed by atoms with Crippen LogP contribution in [0.15, 0.2) is 18.2 Å². The van der Waals surface area contributed by atoms with Gasteiger partial charge >= 0.3 is 0 Å². The van der Waals surface area contributed by atoms with E-state index >= 15 is 0 Å². The second-order valence-corrected chi connectivity index (χ2v) is 5.86. The highest BCUT2D eigenvalue weighted by molar-refractivity contribution is 5.21. The van der Waals surface area contributed by atoms with Crippen molar-refractivity contribution in [2.75, 3.05) is 6.61 Å². The van der Waals surface area contributed by atoms with Crippen LogP contribution in [0.25, 0.3) is 0 Å². The maximum Gasteiger partial charge on any atom is 0.159 e. The molecule has 2 rings (SSSR count). The highest BCUT2D eigenvalue weighted by atomic mass is 19.2. The molecule has 1 aliphatic heterocycles. The van der Waals surface area contributed by atoms with Gasteiger partial charge in [0.15, 0.2) is 11.6 Å². The predicted molar refractivity (Wildman–Crippen MR) is 71.0 cm³/mol. The van der Waals surface area contributed by atoms with Crippen LogP contribution in [0, 0.1) is 11.6 Å². The molecule has 0 spiro atoms. The Morgan fingerprint density at radius 3 is 2.68 bits per heavy atom. The van der Waals surface area contributed by atoms with Crippen LogP contribution < -0.4 is 5.32 Å². The van der Waals surface area contributed by atoms with E-state index in [1.165, 1.54) is 12.1 Å². The first-order chi connectivity index (χ1) is 8.87. The van der Waals surface area contributed by atoms with Crippen LogP contribution in [0.4, 0.5) is 8.78 Å². The van der Waals surface area contributed by atoms with Crippen LogP contribution in [0.5, 0.6) is 0 Å². The summed E-state index contributed by atoms with van der Waals surface area (Å²) < 4.78 is 31.8. The zero-order valence-corrected chi connectivity index (χ0v) is 11.7. The van der Waals surface area contributed by atoms with Gasteiger partial charge in [-0.05, 0) is 51.3 Å². The Kier molecular flexibility index (Phi) is 4.21. The van der Waals surface area contributed by atoms with Gasteiger partial charge in [-0.25, -0.2) is 8.78 Å². The molecule has 1 N–H and O–H groups in total. The van der Waals surface area contributed by atoms with Gasteiger partial charge < -0.3 is 10.1 Å². The van der Waals surface area contributed by atoms with E-state index in [0.717, 1.165) is 25.0 Å². The van der Waals surface area contributed by atoms with Crippen molar-refractivity contribution in [1.82, 2.24) is 5.32 Å². The third kappa shape index (κ3) is 3.74. The van der Waals surface area contributed by atoms with Crippen molar-refractivity contribution in [2.45, 2.75) is 51.3 Å². The minimum atomic E-state index is -0.803. The van der Waals surface area contributed by atoms with Gasteiger partial charge in [0.05, 0.1) is 5.60 Å². The molecule has 2 atom stereocenters. The highest BCUT2D eigenvalue weighted by Gasteiger charge is 2.29. The SMILES string of the molecule is CC(NC1CCOC(C)(C)C1)c1ccc(F)c(F)c1. The van der Waals surface area contributed by atoms with Gasteiger partial charge in [0.25, 0.3) is 0 Å². The number of nitrogens with one attached hydrogen (secondary N) is 1. The largest absolute Gasteiger partial charge is 0.375 e. The molecule has 4 heteroatoms. The first-order valence-corrected chi connectivity index (χ1v) is 6.72. The van der Waals surface area contributed by atoms with Crippen LogP contribution in [0.2, 0.25) is 0 Å². The minimum Gasteiger partial charge on any atom is -0.375 e. The Morgan fingerprint density at radius 1 is 1.32 bits per heavy atom. The molecule has 2 unspecified atom stereocenters. The lowest BCUT2D eigenvalue weighted by Crippen LogP contribution is -2.44. The van der Waals surface area contributed by atoms with Gasteiger partial charge in [-0.15, -0.1) is 0 Å². The summed E-state index contributed by atoms with van der Waals surface area (Å²) in [7, 11) is 0. The molecule has 0 radical (unpaired) electrons. The quantitative estimate of drug-likeness (QED) is 0.905. The van der Waals surface area contributed by atoms with Gasteiger partial charge in [0.1, 0.15) is 0 Å². The molecule has 0 bridgehead atoms. The summed E-state index contributed by atoms with van der Waals surface area (Å²) in [5, 5.41) is 3.47. The van der Waals surface area contributed by atoms with Crippen molar-refractivity contribution in [3.63, 3.8) is 0 Å². The summed E-state index contributed by atoms with van der Waals surface area (Å²) in [5.74, 6) is -1.60. The monoisotopic (exact) mass is 269 g/mol. The molecule has 1 fully saturated rings. The third-order valence-electron chi connectivity index (χ3n) is 3.63. The fraction of sp³-hybridized carbons (Fsp3) is 0.600. The van der Waals surface area contributed by atoms with Crippen LogP contribution in [-0.2, 0) is 4.74 Å². The van der Waals surface area contributed by atoms with E-state index in [0.29, 0.717) is 6.04 Å². The molecule has 0 amide bonds. The average molecular weight is 269 g/mol. The lowest BCUT2D eigenvalue weighted by molar-refractivity contribution is -0.0640. The molecule has 1 aliphatic rings. The fourth-order valence-electron chi connectivity index (χ4n) is 2.61. The Balaban J connectivity index is 2.00. The van der Waals surface area contributed by atoms with E-state index in [1.807, 2.05) is 6.92 Å². The number of hydrogen-bond donors (Lipinski definition) is 1. The maximum atomic E-state index is 13.2. The minimum absolute atomic E-state index is 0.00556. The second kappa shape index (κ2) is 5.55. The summed E-state index contributed by atoms with van der Waals surface area (Å²) in [6.07, 6.45) is 1.86. The zero-order valence-electron chi connectivity index (χ0n) is 11.7. The first kappa shape index (κ1) is 14.4. The number of halogens is 2. The molecule has 2 nitrogen and oxygen atoms in total. The zero-order chi connectivity index (χ0) is 14.0. The lowest BCUT2D eigenvalue weighted by atomic mass is 9.93. The van der Waals surface area contributed by atoms with E-state index in [4.69, 9.17) is 4.74 Å².